The van der Waals surface area contributed by atoms with Crippen molar-refractivity contribution >= 4 is 10.9 Å². The van der Waals surface area contributed by atoms with Gasteiger partial charge in [-0.15, -0.1) is 6.54 Å². The highest BCUT2D eigenvalue weighted by atomic mass is 19.4. The smallest absolute Gasteiger partial charge is 0.418 e. The van der Waals surface area contributed by atoms with Gasteiger partial charge in [-0.1, -0.05) is 12.1 Å². The van der Waals surface area contributed by atoms with Gasteiger partial charge in [0.1, 0.15) is 0 Å². The fourth-order valence-electron chi connectivity index (χ4n) is 2.09. The molecule has 0 aliphatic rings. The van der Waals surface area contributed by atoms with Crippen LogP contribution in [-0.4, -0.2) is 11.5 Å². The molecule has 0 fully saturated rings. The average molecular weight is 241 g/mol. The van der Waals surface area contributed by atoms with Crippen molar-refractivity contribution in [2.75, 3.05) is 6.54 Å². The first-order valence-electron chi connectivity index (χ1n) is 5.27. The second-order valence-electron chi connectivity index (χ2n) is 3.95. The molecule has 0 radical (unpaired) electrons. The van der Waals surface area contributed by atoms with Gasteiger partial charge in [0.2, 0.25) is 0 Å². The molecule has 2 rings (SSSR count). The summed E-state index contributed by atoms with van der Waals surface area (Å²) in [5, 5.41) is 0.574. The van der Waals surface area contributed by atoms with Crippen molar-refractivity contribution in [3.8, 4) is 0 Å². The molecule has 0 amide bonds. The van der Waals surface area contributed by atoms with Crippen molar-refractivity contribution in [3.63, 3.8) is 0 Å². The van der Waals surface area contributed by atoms with E-state index >= 15 is 0 Å². The first-order chi connectivity index (χ1) is 7.95. The molecule has 0 spiro atoms. The van der Waals surface area contributed by atoms with Gasteiger partial charge in [0.05, 0.1) is 11.1 Å². The van der Waals surface area contributed by atoms with Crippen LogP contribution in [0.2, 0.25) is 0 Å². The number of aryl methyl sites for hydroxylation is 1. The predicted molar refractivity (Wildman–Crippen MR) is 60.9 cm³/mol. The van der Waals surface area contributed by atoms with E-state index in [1.807, 2.05) is 0 Å². The minimum Gasteiger partial charge on any atom is -0.677 e. The molecule has 0 saturated heterocycles. The second-order valence-corrected chi connectivity index (χ2v) is 3.95. The fourth-order valence-corrected chi connectivity index (χ4v) is 2.09. The van der Waals surface area contributed by atoms with Crippen LogP contribution < -0.4 is 0 Å². The van der Waals surface area contributed by atoms with Crippen molar-refractivity contribution in [1.82, 2.24) is 4.98 Å². The number of aromatic amines is 1. The van der Waals surface area contributed by atoms with Crippen LogP contribution in [0.5, 0.6) is 0 Å². The second kappa shape index (κ2) is 4.07. The number of H-pyrrole nitrogens is 1. The van der Waals surface area contributed by atoms with Crippen LogP contribution in [0, 0.1) is 6.92 Å². The lowest BCUT2D eigenvalue weighted by molar-refractivity contribution is -0.136. The minimum absolute atomic E-state index is 0.126. The molecule has 0 saturated carbocycles. The first-order valence-corrected chi connectivity index (χ1v) is 5.27. The quantitative estimate of drug-likeness (QED) is 0.822. The first kappa shape index (κ1) is 12.0. The van der Waals surface area contributed by atoms with Crippen LogP contribution in [0.1, 0.15) is 16.8 Å². The van der Waals surface area contributed by atoms with Crippen molar-refractivity contribution < 1.29 is 13.2 Å². The third kappa shape index (κ3) is 2.02. The molecule has 5 heteroatoms. The standard InChI is InChI=1S/C12H12F3N2/c1-7-8(5-6-16)9-3-2-4-10(11(9)17-7)12(13,14)15/h2-4,16-17H,5-6H2,1H3/q-1. The summed E-state index contributed by atoms with van der Waals surface area (Å²) in [6.45, 7) is 1.91. The number of hydrogen-bond acceptors (Lipinski definition) is 0. The van der Waals surface area contributed by atoms with Gasteiger partial charge < -0.3 is 10.7 Å². The zero-order valence-electron chi connectivity index (χ0n) is 9.28. The van der Waals surface area contributed by atoms with Crippen LogP contribution in [-0.2, 0) is 12.6 Å². The third-order valence-corrected chi connectivity index (χ3v) is 2.84. The molecule has 2 nitrogen and oxygen atoms in total. The summed E-state index contributed by atoms with van der Waals surface area (Å²) >= 11 is 0. The van der Waals surface area contributed by atoms with E-state index in [2.05, 4.69) is 4.98 Å². The average Bonchev–Trinajstić information content (AvgIpc) is 2.54. The largest absolute Gasteiger partial charge is 0.677 e. The topological polar surface area (TPSA) is 39.6 Å². The number of hydrogen-bond donors (Lipinski definition) is 1. The maximum absolute atomic E-state index is 12.8. The number of benzene rings is 1. The Labute approximate surface area is 96.6 Å². The molecule has 1 aromatic carbocycles. The molecule has 0 atom stereocenters. The molecule has 0 bridgehead atoms. The van der Waals surface area contributed by atoms with Gasteiger partial charge in [0.15, 0.2) is 0 Å². The van der Waals surface area contributed by atoms with Crippen LogP contribution in [0.25, 0.3) is 16.6 Å². The van der Waals surface area contributed by atoms with Gasteiger partial charge in [0.25, 0.3) is 0 Å². The Kier molecular flexibility index (Phi) is 2.87. The number of alkyl halides is 3. The molecule has 92 valence electrons. The highest BCUT2D eigenvalue weighted by Gasteiger charge is 2.33. The summed E-state index contributed by atoms with van der Waals surface area (Å²) in [7, 11) is 0. The lowest BCUT2D eigenvalue weighted by atomic mass is 10.1. The summed E-state index contributed by atoms with van der Waals surface area (Å²) in [5.74, 6) is 0. The molecule has 0 aliphatic carbocycles. The summed E-state index contributed by atoms with van der Waals surface area (Å²) in [5.41, 5.74) is 8.19. The summed E-state index contributed by atoms with van der Waals surface area (Å²) in [6.07, 6.45) is -3.89. The monoisotopic (exact) mass is 241 g/mol. The van der Waals surface area contributed by atoms with Crippen LogP contribution in [0.15, 0.2) is 18.2 Å². The van der Waals surface area contributed by atoms with Crippen LogP contribution in [0.3, 0.4) is 0 Å². The van der Waals surface area contributed by atoms with Crippen molar-refractivity contribution in [1.29, 1.82) is 0 Å². The summed E-state index contributed by atoms with van der Waals surface area (Å²) in [6, 6.07) is 4.15. The molecule has 2 N–H and O–H groups in total. The number of para-hydroxylation sites is 1. The summed E-state index contributed by atoms with van der Waals surface area (Å²) < 4.78 is 38.4. The number of halogens is 3. The van der Waals surface area contributed by atoms with E-state index in [0.29, 0.717) is 17.5 Å². The Morgan fingerprint density at radius 1 is 1.29 bits per heavy atom. The Balaban J connectivity index is 2.71. The Morgan fingerprint density at radius 2 is 2.00 bits per heavy atom. The fraction of sp³-hybridized carbons (Fsp3) is 0.333. The van der Waals surface area contributed by atoms with E-state index in [9.17, 15) is 13.2 Å². The molecule has 0 aliphatic heterocycles. The molecule has 17 heavy (non-hydrogen) atoms. The van der Waals surface area contributed by atoms with E-state index in [1.54, 1.807) is 13.0 Å². The number of nitrogens with one attached hydrogen (secondary N) is 2. The van der Waals surface area contributed by atoms with Gasteiger partial charge in [-0.05, 0) is 25.0 Å². The van der Waals surface area contributed by atoms with E-state index in [4.69, 9.17) is 5.73 Å². The Morgan fingerprint density at radius 3 is 2.59 bits per heavy atom. The lowest BCUT2D eigenvalue weighted by Gasteiger charge is -2.08. The SMILES string of the molecule is Cc1[nH]c2c(C(F)(F)F)cccc2c1CC[NH-]. The van der Waals surface area contributed by atoms with Crippen molar-refractivity contribution in [2.45, 2.75) is 19.5 Å². The van der Waals surface area contributed by atoms with Gasteiger partial charge in [-0.25, -0.2) is 0 Å². The van der Waals surface area contributed by atoms with E-state index in [0.717, 1.165) is 11.6 Å². The Bertz CT molecular complexity index is 540. The van der Waals surface area contributed by atoms with Crippen LogP contribution >= 0.6 is 0 Å². The highest BCUT2D eigenvalue weighted by molar-refractivity contribution is 5.87. The molecular formula is C12H12F3N2-. The molecule has 0 unspecified atom stereocenters. The number of fused-ring (bicyclic) bond motifs is 1. The van der Waals surface area contributed by atoms with E-state index in [-0.39, 0.29) is 12.1 Å². The molecular weight excluding hydrogens is 229 g/mol. The van der Waals surface area contributed by atoms with Gasteiger partial charge in [-0.2, -0.15) is 13.2 Å². The van der Waals surface area contributed by atoms with Gasteiger partial charge in [0, 0.05) is 11.1 Å². The van der Waals surface area contributed by atoms with Crippen molar-refractivity contribution in [3.05, 3.63) is 40.8 Å². The third-order valence-electron chi connectivity index (χ3n) is 2.84. The zero-order chi connectivity index (χ0) is 12.6. The van der Waals surface area contributed by atoms with Crippen LogP contribution in [0.4, 0.5) is 13.2 Å². The lowest BCUT2D eigenvalue weighted by Crippen LogP contribution is -2.05. The maximum Gasteiger partial charge on any atom is 0.418 e. The maximum atomic E-state index is 12.8. The van der Waals surface area contributed by atoms with Gasteiger partial charge >= 0.3 is 6.18 Å². The number of aromatic nitrogens is 1. The van der Waals surface area contributed by atoms with Crippen molar-refractivity contribution in [2.24, 2.45) is 0 Å². The predicted octanol–water partition coefficient (Wildman–Crippen LogP) is 4.09. The van der Waals surface area contributed by atoms with Gasteiger partial charge in [-0.3, -0.25) is 0 Å². The molecule has 2 aromatic rings. The summed E-state index contributed by atoms with van der Waals surface area (Å²) in [4.78, 5) is 2.78. The zero-order valence-corrected chi connectivity index (χ0v) is 9.28. The van der Waals surface area contributed by atoms with E-state index < -0.39 is 11.7 Å². The normalized spacial score (nSPS) is 12.3. The minimum atomic E-state index is -4.35. The van der Waals surface area contributed by atoms with E-state index in [1.165, 1.54) is 6.07 Å². The molecule has 1 aromatic heterocycles. The highest BCUT2D eigenvalue weighted by Crippen LogP contribution is 2.36. The number of rotatable bonds is 2. The molecule has 1 heterocycles. The Hall–Kier alpha value is -1.49.